The van der Waals surface area contributed by atoms with Gasteiger partial charge in [0.15, 0.2) is 0 Å². The van der Waals surface area contributed by atoms with Crippen LogP contribution < -0.4 is 5.32 Å². The molecule has 2 aromatic rings. The van der Waals surface area contributed by atoms with Crippen LogP contribution >= 0.6 is 23.2 Å². The molecule has 0 unspecified atom stereocenters. The highest BCUT2D eigenvalue weighted by Crippen LogP contribution is 2.31. The second kappa shape index (κ2) is 8.61. The molecule has 0 radical (unpaired) electrons. The topological polar surface area (TPSA) is 46.5 Å². The van der Waals surface area contributed by atoms with E-state index < -0.39 is 6.04 Å². The summed E-state index contributed by atoms with van der Waals surface area (Å²) in [4.78, 5) is 14.7. The molecule has 1 aromatic heterocycles. The van der Waals surface area contributed by atoms with Crippen LogP contribution in [-0.4, -0.2) is 47.7 Å². The molecule has 1 fully saturated rings. The van der Waals surface area contributed by atoms with E-state index in [2.05, 4.69) is 10.2 Å². The third-order valence-corrected chi connectivity index (χ3v) is 5.24. The minimum absolute atomic E-state index is 0.0224. The molecule has 5 nitrogen and oxygen atoms in total. The summed E-state index contributed by atoms with van der Waals surface area (Å²) in [5, 5.41) is 3.72. The van der Waals surface area contributed by atoms with Gasteiger partial charge in [-0.25, -0.2) is 4.39 Å². The van der Waals surface area contributed by atoms with Crippen molar-refractivity contribution >= 4 is 29.1 Å². The monoisotopic (exact) mass is 413 g/mol. The predicted molar refractivity (Wildman–Crippen MR) is 104 cm³/mol. The van der Waals surface area contributed by atoms with Crippen LogP contribution in [0.1, 0.15) is 29.0 Å². The summed E-state index contributed by atoms with van der Waals surface area (Å²) in [7, 11) is 1.75. The van der Waals surface area contributed by atoms with Crippen molar-refractivity contribution < 1.29 is 13.9 Å². The number of aromatic nitrogens is 1. The third kappa shape index (κ3) is 4.63. The van der Waals surface area contributed by atoms with E-state index in [9.17, 15) is 9.18 Å². The molecular formula is C19H22Cl2FN3O2. The number of aryl methyl sites for hydroxylation is 1. The van der Waals surface area contributed by atoms with Crippen LogP contribution in [0.2, 0.25) is 10.0 Å². The Balaban J connectivity index is 1.84. The second-order valence-electron chi connectivity index (χ2n) is 6.69. The molecule has 1 aliphatic heterocycles. The van der Waals surface area contributed by atoms with Crippen molar-refractivity contribution in [1.82, 2.24) is 14.8 Å². The maximum atomic E-state index is 14.6. The van der Waals surface area contributed by atoms with E-state index in [1.807, 2.05) is 6.92 Å². The van der Waals surface area contributed by atoms with Gasteiger partial charge in [0.05, 0.1) is 23.8 Å². The number of ether oxygens (including phenoxy) is 1. The number of benzene rings is 1. The van der Waals surface area contributed by atoms with E-state index in [4.69, 9.17) is 27.9 Å². The van der Waals surface area contributed by atoms with E-state index in [-0.39, 0.29) is 24.4 Å². The highest BCUT2D eigenvalue weighted by molar-refractivity contribution is 6.31. The molecule has 0 bridgehead atoms. The van der Waals surface area contributed by atoms with Crippen LogP contribution in [0.5, 0.6) is 0 Å². The van der Waals surface area contributed by atoms with Gasteiger partial charge < -0.3 is 14.6 Å². The molecule has 1 aromatic carbocycles. The Hall–Kier alpha value is -1.60. The number of carbonyl (C=O) groups is 1. The zero-order valence-corrected chi connectivity index (χ0v) is 16.7. The highest BCUT2D eigenvalue weighted by atomic mass is 35.5. The van der Waals surface area contributed by atoms with Crippen molar-refractivity contribution in [1.29, 1.82) is 0 Å². The second-order valence-corrected chi connectivity index (χ2v) is 7.54. The molecule has 2 heterocycles. The number of nitrogens with zero attached hydrogens (tertiary/aromatic N) is 2. The third-order valence-electron chi connectivity index (χ3n) is 4.71. The van der Waals surface area contributed by atoms with Crippen LogP contribution in [0, 0.1) is 5.82 Å². The van der Waals surface area contributed by atoms with Crippen molar-refractivity contribution in [2.24, 2.45) is 7.05 Å². The van der Waals surface area contributed by atoms with Gasteiger partial charge >= 0.3 is 0 Å². The molecule has 27 heavy (non-hydrogen) atoms. The molecule has 146 valence electrons. The van der Waals surface area contributed by atoms with Crippen molar-refractivity contribution in [2.75, 3.05) is 26.2 Å². The predicted octanol–water partition coefficient (Wildman–Crippen LogP) is 3.66. The SMILES string of the molecule is C[C@H]1CN([C@H](CNC(=O)c2cc(Cl)cn2C)c2c(F)cccc2Cl)CCO1. The minimum atomic E-state index is -0.398. The fourth-order valence-electron chi connectivity index (χ4n) is 3.40. The quantitative estimate of drug-likeness (QED) is 0.813. The Kier molecular flexibility index (Phi) is 6.42. The first-order chi connectivity index (χ1) is 12.9. The Morgan fingerprint density at radius 2 is 2.22 bits per heavy atom. The first-order valence-corrected chi connectivity index (χ1v) is 9.52. The number of nitrogens with one attached hydrogen (secondary N) is 1. The fourth-order valence-corrected chi connectivity index (χ4v) is 3.94. The van der Waals surface area contributed by atoms with Crippen LogP contribution in [0.4, 0.5) is 4.39 Å². The lowest BCUT2D eigenvalue weighted by Gasteiger charge is -2.38. The smallest absolute Gasteiger partial charge is 0.268 e. The van der Waals surface area contributed by atoms with Gasteiger partial charge in [0.1, 0.15) is 11.5 Å². The molecule has 0 saturated carbocycles. The van der Waals surface area contributed by atoms with Crippen LogP contribution in [-0.2, 0) is 11.8 Å². The van der Waals surface area contributed by atoms with Crippen molar-refractivity contribution in [3.05, 3.63) is 57.6 Å². The van der Waals surface area contributed by atoms with Crippen molar-refractivity contribution in [3.63, 3.8) is 0 Å². The molecule has 1 N–H and O–H groups in total. The number of amides is 1. The summed E-state index contributed by atoms with van der Waals surface area (Å²) < 4.78 is 21.8. The summed E-state index contributed by atoms with van der Waals surface area (Å²) in [6, 6.07) is 5.82. The molecule has 0 spiro atoms. The number of halogens is 3. The molecular weight excluding hydrogens is 392 g/mol. The van der Waals surface area contributed by atoms with Gasteiger partial charge in [-0.15, -0.1) is 0 Å². The van der Waals surface area contributed by atoms with E-state index in [0.717, 1.165) is 0 Å². The summed E-state index contributed by atoms with van der Waals surface area (Å²) in [6.07, 6.45) is 1.68. The maximum Gasteiger partial charge on any atom is 0.268 e. The van der Waals surface area contributed by atoms with Gasteiger partial charge in [0.25, 0.3) is 5.91 Å². The lowest BCUT2D eigenvalue weighted by Crippen LogP contribution is -2.47. The largest absolute Gasteiger partial charge is 0.376 e. The van der Waals surface area contributed by atoms with E-state index >= 15 is 0 Å². The van der Waals surface area contributed by atoms with Crippen molar-refractivity contribution in [2.45, 2.75) is 19.1 Å². The lowest BCUT2D eigenvalue weighted by atomic mass is 10.0. The zero-order chi connectivity index (χ0) is 19.6. The van der Waals surface area contributed by atoms with Crippen LogP contribution in [0.15, 0.2) is 30.5 Å². The summed E-state index contributed by atoms with van der Waals surface area (Å²) in [5.41, 5.74) is 0.826. The van der Waals surface area contributed by atoms with Gasteiger partial charge in [-0.1, -0.05) is 29.3 Å². The highest BCUT2D eigenvalue weighted by Gasteiger charge is 2.29. The lowest BCUT2D eigenvalue weighted by molar-refractivity contribution is -0.0346. The maximum absolute atomic E-state index is 14.6. The Labute approximate surface area is 168 Å². The Morgan fingerprint density at radius 3 is 2.85 bits per heavy atom. The number of hydrogen-bond donors (Lipinski definition) is 1. The van der Waals surface area contributed by atoms with Gasteiger partial charge in [-0.05, 0) is 25.1 Å². The van der Waals surface area contributed by atoms with Crippen LogP contribution in [0.3, 0.4) is 0 Å². The normalized spacial score (nSPS) is 19.1. The summed E-state index contributed by atoms with van der Waals surface area (Å²) >= 11 is 12.3. The standard InChI is InChI=1S/C19H22Cl2FN3O2/c1-12-10-25(6-7-27-12)17(18-14(21)4-3-5-15(18)22)9-23-19(26)16-8-13(20)11-24(16)2/h3-5,8,11-12,17H,6-7,9-10H2,1-2H3,(H,23,26)/t12-,17+/m0/s1. The molecule has 1 saturated heterocycles. The number of hydrogen-bond acceptors (Lipinski definition) is 3. The Bertz CT molecular complexity index is 807. The molecule has 8 heteroatoms. The molecule has 2 atom stereocenters. The van der Waals surface area contributed by atoms with Gasteiger partial charge in [0, 0.05) is 43.5 Å². The molecule has 1 aliphatic rings. The van der Waals surface area contributed by atoms with Crippen molar-refractivity contribution in [3.8, 4) is 0 Å². The summed E-state index contributed by atoms with van der Waals surface area (Å²) in [5.74, 6) is -0.661. The average molecular weight is 414 g/mol. The first-order valence-electron chi connectivity index (χ1n) is 8.76. The first kappa shape index (κ1) is 20.1. The van der Waals surface area contributed by atoms with Gasteiger partial charge in [-0.3, -0.25) is 9.69 Å². The minimum Gasteiger partial charge on any atom is -0.376 e. The number of morpholine rings is 1. The number of carbonyl (C=O) groups excluding carboxylic acids is 1. The van der Waals surface area contributed by atoms with E-state index in [0.29, 0.717) is 41.0 Å². The number of rotatable bonds is 5. The van der Waals surface area contributed by atoms with Gasteiger partial charge in [-0.2, -0.15) is 0 Å². The van der Waals surface area contributed by atoms with E-state index in [1.54, 1.807) is 36.0 Å². The zero-order valence-electron chi connectivity index (χ0n) is 15.2. The van der Waals surface area contributed by atoms with E-state index in [1.165, 1.54) is 6.07 Å². The Morgan fingerprint density at radius 1 is 1.44 bits per heavy atom. The molecule has 0 aliphatic carbocycles. The average Bonchev–Trinajstić information content (AvgIpc) is 2.95. The fraction of sp³-hybridized carbons (Fsp3) is 0.421. The van der Waals surface area contributed by atoms with Crippen LogP contribution in [0.25, 0.3) is 0 Å². The molecule has 1 amide bonds. The summed E-state index contributed by atoms with van der Waals surface area (Å²) in [6.45, 7) is 3.99. The molecule has 3 rings (SSSR count). The van der Waals surface area contributed by atoms with Gasteiger partial charge in [0.2, 0.25) is 0 Å².